The molecule has 0 aromatic heterocycles. The first kappa shape index (κ1) is 15.3. The highest BCUT2D eigenvalue weighted by atomic mass is 16.5. The van der Waals surface area contributed by atoms with Gasteiger partial charge >= 0.3 is 6.03 Å². The van der Waals surface area contributed by atoms with E-state index < -0.39 is 0 Å². The lowest BCUT2D eigenvalue weighted by Gasteiger charge is -2.15. The molecule has 4 N–H and O–H groups in total. The van der Waals surface area contributed by atoms with Gasteiger partial charge in [0.2, 0.25) is 0 Å². The van der Waals surface area contributed by atoms with E-state index in [4.69, 9.17) is 10.5 Å². The molecular weight excluding hydrogens is 242 g/mol. The summed E-state index contributed by atoms with van der Waals surface area (Å²) >= 11 is 0. The Bertz CT molecular complexity index is 379. The molecule has 19 heavy (non-hydrogen) atoms. The predicted molar refractivity (Wildman–Crippen MR) is 77.5 cm³/mol. The van der Waals surface area contributed by atoms with E-state index in [9.17, 15) is 4.79 Å². The molecular formula is C14H23N3O2. The van der Waals surface area contributed by atoms with Crippen LogP contribution in [0.3, 0.4) is 0 Å². The van der Waals surface area contributed by atoms with E-state index >= 15 is 0 Å². The highest BCUT2D eigenvalue weighted by Crippen LogP contribution is 2.14. The van der Waals surface area contributed by atoms with Crippen LogP contribution in [0.25, 0.3) is 0 Å². The minimum atomic E-state index is -0.194. The number of carbonyl (C=O) groups is 1. The summed E-state index contributed by atoms with van der Waals surface area (Å²) in [5.74, 6) is 1.20. The molecule has 0 radical (unpaired) electrons. The van der Waals surface area contributed by atoms with Crippen LogP contribution in [0.15, 0.2) is 24.3 Å². The zero-order chi connectivity index (χ0) is 14.1. The lowest BCUT2D eigenvalue weighted by Crippen LogP contribution is -2.33. The lowest BCUT2D eigenvalue weighted by molar-refractivity contribution is 0.249. The number of ether oxygens (including phenoxy) is 1. The SMILES string of the molecule is CCC(CCN)CNC(=O)Nc1ccc(OC)cc1. The van der Waals surface area contributed by atoms with Crippen LogP contribution in [-0.2, 0) is 0 Å². The largest absolute Gasteiger partial charge is 0.497 e. The predicted octanol–water partition coefficient (Wildman–Crippen LogP) is 2.19. The summed E-state index contributed by atoms with van der Waals surface area (Å²) in [5, 5.41) is 5.64. The van der Waals surface area contributed by atoms with E-state index in [0.717, 1.165) is 24.3 Å². The van der Waals surface area contributed by atoms with Crippen LogP contribution in [0, 0.1) is 5.92 Å². The van der Waals surface area contributed by atoms with Crippen molar-refractivity contribution in [2.45, 2.75) is 19.8 Å². The molecule has 5 heteroatoms. The van der Waals surface area contributed by atoms with Gasteiger partial charge in [-0.25, -0.2) is 4.79 Å². The van der Waals surface area contributed by atoms with Gasteiger partial charge in [-0.1, -0.05) is 13.3 Å². The van der Waals surface area contributed by atoms with Gasteiger partial charge in [0.05, 0.1) is 7.11 Å². The molecule has 106 valence electrons. The van der Waals surface area contributed by atoms with Gasteiger partial charge < -0.3 is 21.1 Å². The molecule has 1 aromatic rings. The molecule has 0 aliphatic carbocycles. The smallest absolute Gasteiger partial charge is 0.319 e. The molecule has 0 saturated heterocycles. The summed E-state index contributed by atoms with van der Waals surface area (Å²) in [5.41, 5.74) is 6.26. The summed E-state index contributed by atoms with van der Waals surface area (Å²) in [6.45, 7) is 3.40. The average Bonchev–Trinajstić information content (AvgIpc) is 2.44. The zero-order valence-electron chi connectivity index (χ0n) is 11.6. The van der Waals surface area contributed by atoms with Crippen LogP contribution in [0.4, 0.5) is 10.5 Å². The van der Waals surface area contributed by atoms with Crippen LogP contribution in [0.5, 0.6) is 5.75 Å². The highest BCUT2D eigenvalue weighted by Gasteiger charge is 2.07. The molecule has 5 nitrogen and oxygen atoms in total. The number of hydrogen-bond donors (Lipinski definition) is 3. The van der Waals surface area contributed by atoms with E-state index in [1.54, 1.807) is 31.4 Å². The molecule has 0 saturated carbocycles. The minimum absolute atomic E-state index is 0.194. The van der Waals surface area contributed by atoms with Gasteiger partial charge in [0.25, 0.3) is 0 Å². The van der Waals surface area contributed by atoms with Gasteiger partial charge in [-0.15, -0.1) is 0 Å². The van der Waals surface area contributed by atoms with Crippen LogP contribution in [0.2, 0.25) is 0 Å². The summed E-state index contributed by atoms with van der Waals surface area (Å²) in [7, 11) is 1.61. The molecule has 1 unspecified atom stereocenters. The average molecular weight is 265 g/mol. The number of nitrogens with one attached hydrogen (secondary N) is 2. The monoisotopic (exact) mass is 265 g/mol. The van der Waals surface area contributed by atoms with E-state index in [1.165, 1.54) is 0 Å². The van der Waals surface area contributed by atoms with Gasteiger partial charge in [-0.2, -0.15) is 0 Å². The van der Waals surface area contributed by atoms with Crippen molar-refractivity contribution in [2.24, 2.45) is 11.7 Å². The fourth-order valence-electron chi connectivity index (χ4n) is 1.77. The molecule has 0 heterocycles. The Kier molecular flexibility index (Phi) is 6.74. The first-order valence-electron chi connectivity index (χ1n) is 6.58. The first-order valence-corrected chi connectivity index (χ1v) is 6.58. The van der Waals surface area contributed by atoms with Crippen LogP contribution < -0.4 is 21.1 Å². The lowest BCUT2D eigenvalue weighted by atomic mass is 10.0. The Morgan fingerprint density at radius 3 is 2.58 bits per heavy atom. The Morgan fingerprint density at radius 1 is 1.37 bits per heavy atom. The van der Waals surface area contributed by atoms with Crippen molar-refractivity contribution in [3.63, 3.8) is 0 Å². The van der Waals surface area contributed by atoms with Crippen molar-refractivity contribution in [2.75, 3.05) is 25.5 Å². The molecule has 0 bridgehead atoms. The maximum absolute atomic E-state index is 11.7. The Hall–Kier alpha value is -1.75. The second-order valence-corrected chi connectivity index (χ2v) is 4.42. The van der Waals surface area contributed by atoms with Gasteiger partial charge in [0, 0.05) is 12.2 Å². The van der Waals surface area contributed by atoms with Gasteiger partial charge in [-0.3, -0.25) is 0 Å². The van der Waals surface area contributed by atoms with Crippen LogP contribution in [-0.4, -0.2) is 26.2 Å². The zero-order valence-corrected chi connectivity index (χ0v) is 11.6. The number of anilines is 1. The second-order valence-electron chi connectivity index (χ2n) is 4.42. The first-order chi connectivity index (χ1) is 9.19. The molecule has 1 atom stereocenters. The Morgan fingerprint density at radius 2 is 2.05 bits per heavy atom. The van der Waals surface area contributed by atoms with Gasteiger partial charge in [0.1, 0.15) is 5.75 Å². The maximum Gasteiger partial charge on any atom is 0.319 e. The number of amides is 2. The number of benzene rings is 1. The Balaban J connectivity index is 2.37. The number of nitrogens with two attached hydrogens (primary N) is 1. The fourth-order valence-corrected chi connectivity index (χ4v) is 1.77. The number of hydrogen-bond acceptors (Lipinski definition) is 3. The van der Waals surface area contributed by atoms with Crippen LogP contribution in [0.1, 0.15) is 19.8 Å². The minimum Gasteiger partial charge on any atom is -0.497 e. The van der Waals surface area contributed by atoms with Gasteiger partial charge in [-0.05, 0) is 43.1 Å². The topological polar surface area (TPSA) is 76.4 Å². The number of urea groups is 1. The van der Waals surface area contributed by atoms with E-state index in [2.05, 4.69) is 17.6 Å². The van der Waals surface area contributed by atoms with Crippen molar-refractivity contribution in [3.8, 4) is 5.75 Å². The summed E-state index contributed by atoms with van der Waals surface area (Å²) in [6.07, 6.45) is 1.94. The third kappa shape index (κ3) is 5.61. The van der Waals surface area contributed by atoms with Gasteiger partial charge in [0.15, 0.2) is 0 Å². The van der Waals surface area contributed by atoms with E-state index in [1.807, 2.05) is 0 Å². The normalized spacial score (nSPS) is 11.7. The van der Waals surface area contributed by atoms with E-state index in [0.29, 0.717) is 19.0 Å². The molecule has 1 rings (SSSR count). The maximum atomic E-state index is 11.7. The highest BCUT2D eigenvalue weighted by molar-refractivity contribution is 5.89. The molecule has 0 spiro atoms. The van der Waals surface area contributed by atoms with Crippen LogP contribution >= 0.6 is 0 Å². The molecule has 0 aliphatic rings. The van der Waals surface area contributed by atoms with Crippen molar-refractivity contribution in [1.82, 2.24) is 5.32 Å². The number of rotatable bonds is 7. The standard InChI is InChI=1S/C14H23N3O2/c1-3-11(8-9-15)10-16-14(18)17-12-4-6-13(19-2)7-5-12/h4-7,11H,3,8-10,15H2,1-2H3,(H2,16,17,18). The molecule has 2 amide bonds. The number of carbonyl (C=O) groups excluding carboxylic acids is 1. The van der Waals surface area contributed by atoms with Crippen molar-refractivity contribution >= 4 is 11.7 Å². The van der Waals surface area contributed by atoms with Crippen molar-refractivity contribution in [1.29, 1.82) is 0 Å². The quantitative estimate of drug-likeness (QED) is 0.707. The molecule has 0 fully saturated rings. The second kappa shape index (κ2) is 8.37. The third-order valence-electron chi connectivity index (χ3n) is 3.05. The molecule has 1 aromatic carbocycles. The fraction of sp³-hybridized carbons (Fsp3) is 0.500. The van der Waals surface area contributed by atoms with Crippen molar-refractivity contribution in [3.05, 3.63) is 24.3 Å². The van der Waals surface area contributed by atoms with Crippen molar-refractivity contribution < 1.29 is 9.53 Å². The summed E-state index contributed by atoms with van der Waals surface area (Å²) in [4.78, 5) is 11.7. The number of methoxy groups -OCH3 is 1. The summed E-state index contributed by atoms with van der Waals surface area (Å²) in [6, 6.07) is 7.02. The summed E-state index contributed by atoms with van der Waals surface area (Å²) < 4.78 is 5.05. The third-order valence-corrected chi connectivity index (χ3v) is 3.05. The molecule has 0 aliphatic heterocycles. The van der Waals surface area contributed by atoms with E-state index in [-0.39, 0.29) is 6.03 Å². The Labute approximate surface area is 114 Å².